The zero-order valence-corrected chi connectivity index (χ0v) is 16.3. The first kappa shape index (κ1) is 19.1. The van der Waals surface area contributed by atoms with E-state index in [1.807, 2.05) is 24.3 Å². The summed E-state index contributed by atoms with van der Waals surface area (Å²) in [7, 11) is 1.64. The van der Waals surface area contributed by atoms with Gasteiger partial charge in [0.2, 0.25) is 0 Å². The van der Waals surface area contributed by atoms with Crippen molar-refractivity contribution in [1.82, 2.24) is 15.1 Å². The molecule has 1 N–H and O–H groups in total. The SMILES string of the molecule is CC(C)Cc1ccc(C(=O)NC[C@@H]2CCN(c3cnn(C)c(=O)c3)C2)cc1. The Morgan fingerprint density at radius 1 is 1.30 bits per heavy atom. The van der Waals surface area contributed by atoms with Crippen LogP contribution in [-0.4, -0.2) is 35.3 Å². The van der Waals surface area contributed by atoms with E-state index >= 15 is 0 Å². The summed E-state index contributed by atoms with van der Waals surface area (Å²) in [5.41, 5.74) is 2.71. The molecular weight excluding hydrogens is 340 g/mol. The number of benzene rings is 1. The monoisotopic (exact) mass is 368 g/mol. The summed E-state index contributed by atoms with van der Waals surface area (Å²) in [6.07, 6.45) is 3.74. The molecule has 2 heterocycles. The van der Waals surface area contributed by atoms with E-state index in [-0.39, 0.29) is 11.5 Å². The molecule has 0 bridgehead atoms. The quantitative estimate of drug-likeness (QED) is 0.849. The molecule has 6 nitrogen and oxygen atoms in total. The van der Waals surface area contributed by atoms with Crippen molar-refractivity contribution in [1.29, 1.82) is 0 Å². The zero-order chi connectivity index (χ0) is 19.4. The fourth-order valence-corrected chi connectivity index (χ4v) is 3.47. The molecule has 0 spiro atoms. The van der Waals surface area contributed by atoms with Crippen LogP contribution in [0.2, 0.25) is 0 Å². The number of hydrogen-bond donors (Lipinski definition) is 1. The number of anilines is 1. The molecule has 3 rings (SSSR count). The van der Waals surface area contributed by atoms with Gasteiger partial charge < -0.3 is 10.2 Å². The number of nitrogens with zero attached hydrogens (tertiary/aromatic N) is 3. The molecule has 0 aliphatic carbocycles. The lowest BCUT2D eigenvalue weighted by Crippen LogP contribution is -2.31. The predicted octanol–water partition coefficient (Wildman–Crippen LogP) is 2.24. The van der Waals surface area contributed by atoms with Crippen molar-refractivity contribution in [2.45, 2.75) is 26.7 Å². The highest BCUT2D eigenvalue weighted by molar-refractivity contribution is 5.94. The number of amides is 1. The maximum Gasteiger partial charge on any atom is 0.268 e. The molecule has 0 saturated carbocycles. The third-order valence-corrected chi connectivity index (χ3v) is 5.02. The summed E-state index contributed by atoms with van der Waals surface area (Å²) in [4.78, 5) is 26.3. The van der Waals surface area contributed by atoms with Crippen LogP contribution in [0.15, 0.2) is 41.3 Å². The predicted molar refractivity (Wildman–Crippen MR) is 107 cm³/mol. The van der Waals surface area contributed by atoms with Crippen LogP contribution in [0, 0.1) is 11.8 Å². The van der Waals surface area contributed by atoms with Gasteiger partial charge in [-0.3, -0.25) is 9.59 Å². The molecule has 27 heavy (non-hydrogen) atoms. The third kappa shape index (κ3) is 4.96. The zero-order valence-electron chi connectivity index (χ0n) is 16.3. The van der Waals surface area contributed by atoms with Crippen molar-refractivity contribution in [3.63, 3.8) is 0 Å². The Bertz CT molecular complexity index is 842. The van der Waals surface area contributed by atoms with Gasteiger partial charge in [0, 0.05) is 38.3 Å². The fourth-order valence-electron chi connectivity index (χ4n) is 3.47. The number of nitrogens with one attached hydrogen (secondary N) is 1. The van der Waals surface area contributed by atoms with Crippen LogP contribution in [0.1, 0.15) is 36.2 Å². The van der Waals surface area contributed by atoms with Crippen LogP contribution in [0.4, 0.5) is 5.69 Å². The van der Waals surface area contributed by atoms with Gasteiger partial charge in [-0.1, -0.05) is 26.0 Å². The van der Waals surface area contributed by atoms with Gasteiger partial charge >= 0.3 is 0 Å². The van der Waals surface area contributed by atoms with E-state index in [1.54, 1.807) is 19.3 Å². The first-order chi connectivity index (χ1) is 12.9. The van der Waals surface area contributed by atoms with E-state index < -0.39 is 0 Å². The lowest BCUT2D eigenvalue weighted by molar-refractivity contribution is 0.0948. The van der Waals surface area contributed by atoms with Gasteiger partial charge in [-0.25, -0.2) is 4.68 Å². The Labute approximate surface area is 160 Å². The maximum absolute atomic E-state index is 12.4. The molecule has 0 radical (unpaired) electrons. The number of hydrogen-bond acceptors (Lipinski definition) is 4. The molecule has 1 atom stereocenters. The van der Waals surface area contributed by atoms with E-state index in [1.165, 1.54) is 10.2 Å². The molecular formula is C21H28N4O2. The van der Waals surface area contributed by atoms with Crippen molar-refractivity contribution in [2.24, 2.45) is 18.9 Å². The summed E-state index contributed by atoms with van der Waals surface area (Å²) in [6.45, 7) is 6.72. The van der Waals surface area contributed by atoms with E-state index in [0.717, 1.165) is 31.6 Å². The van der Waals surface area contributed by atoms with Gasteiger partial charge in [-0.15, -0.1) is 0 Å². The van der Waals surface area contributed by atoms with Crippen LogP contribution in [0.25, 0.3) is 0 Å². The van der Waals surface area contributed by atoms with E-state index in [4.69, 9.17) is 0 Å². The molecule has 6 heteroatoms. The van der Waals surface area contributed by atoms with Crippen LogP contribution in [0.3, 0.4) is 0 Å². The molecule has 1 aromatic carbocycles. The Morgan fingerprint density at radius 3 is 2.70 bits per heavy atom. The topological polar surface area (TPSA) is 67.2 Å². The van der Waals surface area contributed by atoms with E-state index in [2.05, 4.69) is 29.2 Å². The second kappa shape index (κ2) is 8.37. The second-order valence-corrected chi connectivity index (χ2v) is 7.78. The van der Waals surface area contributed by atoms with Gasteiger partial charge in [0.1, 0.15) is 0 Å². The molecule has 1 aromatic heterocycles. The fraction of sp³-hybridized carbons (Fsp3) is 0.476. The van der Waals surface area contributed by atoms with Gasteiger partial charge in [0.15, 0.2) is 0 Å². The first-order valence-electron chi connectivity index (χ1n) is 9.58. The minimum absolute atomic E-state index is 0.0280. The first-order valence-corrected chi connectivity index (χ1v) is 9.58. The summed E-state index contributed by atoms with van der Waals surface area (Å²) < 4.78 is 1.32. The number of aryl methyl sites for hydroxylation is 1. The van der Waals surface area contributed by atoms with Gasteiger partial charge in [0.05, 0.1) is 11.9 Å². The standard InChI is InChI=1S/C21H28N4O2/c1-15(2)10-16-4-6-18(7-5-16)21(27)22-12-17-8-9-25(14-17)19-11-20(26)24(3)23-13-19/h4-7,11,13,15,17H,8-10,12,14H2,1-3H3,(H,22,27)/t17-/m0/s1. The maximum atomic E-state index is 12.4. The lowest BCUT2D eigenvalue weighted by atomic mass is 10.0. The number of carbonyl (C=O) groups excluding carboxylic acids is 1. The molecule has 2 aromatic rings. The Morgan fingerprint density at radius 2 is 2.04 bits per heavy atom. The molecule has 0 unspecified atom stereocenters. The van der Waals surface area contributed by atoms with Crippen molar-refractivity contribution < 1.29 is 4.79 Å². The van der Waals surface area contributed by atoms with E-state index in [0.29, 0.717) is 23.9 Å². The molecule has 1 fully saturated rings. The highest BCUT2D eigenvalue weighted by Gasteiger charge is 2.23. The largest absolute Gasteiger partial charge is 0.370 e. The smallest absolute Gasteiger partial charge is 0.268 e. The van der Waals surface area contributed by atoms with Crippen LogP contribution < -0.4 is 15.8 Å². The average molecular weight is 368 g/mol. The second-order valence-electron chi connectivity index (χ2n) is 7.78. The highest BCUT2D eigenvalue weighted by atomic mass is 16.1. The molecule has 1 saturated heterocycles. The van der Waals surface area contributed by atoms with Crippen LogP contribution >= 0.6 is 0 Å². The van der Waals surface area contributed by atoms with Gasteiger partial charge in [-0.2, -0.15) is 5.10 Å². The highest BCUT2D eigenvalue weighted by Crippen LogP contribution is 2.21. The van der Waals surface area contributed by atoms with Gasteiger partial charge in [-0.05, 0) is 42.4 Å². The summed E-state index contributed by atoms with van der Waals surface area (Å²) in [5.74, 6) is 0.952. The molecule has 1 aliphatic rings. The average Bonchev–Trinajstić information content (AvgIpc) is 3.11. The van der Waals surface area contributed by atoms with Crippen molar-refractivity contribution in [3.8, 4) is 0 Å². The molecule has 144 valence electrons. The lowest BCUT2D eigenvalue weighted by Gasteiger charge is -2.18. The van der Waals surface area contributed by atoms with Crippen LogP contribution in [0.5, 0.6) is 0 Å². The Hall–Kier alpha value is -2.63. The number of rotatable bonds is 6. The third-order valence-electron chi connectivity index (χ3n) is 5.02. The summed E-state index contributed by atoms with van der Waals surface area (Å²) in [5, 5.41) is 7.13. The van der Waals surface area contributed by atoms with Crippen molar-refractivity contribution in [3.05, 3.63) is 58.0 Å². The molecule has 1 aliphatic heterocycles. The summed E-state index contributed by atoms with van der Waals surface area (Å²) >= 11 is 0. The minimum Gasteiger partial charge on any atom is -0.370 e. The van der Waals surface area contributed by atoms with Crippen molar-refractivity contribution in [2.75, 3.05) is 24.5 Å². The van der Waals surface area contributed by atoms with Crippen molar-refractivity contribution >= 4 is 11.6 Å². The van der Waals surface area contributed by atoms with Gasteiger partial charge in [0.25, 0.3) is 11.5 Å². The normalized spacial score (nSPS) is 16.7. The Balaban J connectivity index is 1.51. The molecule has 1 amide bonds. The number of carbonyl (C=O) groups is 1. The summed E-state index contributed by atoms with van der Waals surface area (Å²) in [6, 6.07) is 9.50. The number of aromatic nitrogens is 2. The van der Waals surface area contributed by atoms with Crippen LogP contribution in [-0.2, 0) is 13.5 Å². The minimum atomic E-state index is -0.106. The Kier molecular flexibility index (Phi) is 5.94. The van der Waals surface area contributed by atoms with E-state index in [9.17, 15) is 9.59 Å².